The van der Waals surface area contributed by atoms with E-state index in [1.165, 1.54) is 11.3 Å². The minimum absolute atomic E-state index is 0.0443. The van der Waals surface area contributed by atoms with Crippen LogP contribution in [0.1, 0.15) is 28.9 Å². The van der Waals surface area contributed by atoms with Crippen LogP contribution in [0.2, 0.25) is 0 Å². The summed E-state index contributed by atoms with van der Waals surface area (Å²) < 4.78 is 1.55. The van der Waals surface area contributed by atoms with Gasteiger partial charge in [0.2, 0.25) is 5.91 Å². The molecule has 9 heteroatoms. The van der Waals surface area contributed by atoms with E-state index in [-0.39, 0.29) is 23.4 Å². The topological polar surface area (TPSA) is 78.2 Å². The molecule has 4 heterocycles. The van der Waals surface area contributed by atoms with Crippen molar-refractivity contribution < 1.29 is 9.59 Å². The Labute approximate surface area is 189 Å². The second kappa shape index (κ2) is 8.84. The predicted octanol–water partition coefficient (Wildman–Crippen LogP) is 1.71. The lowest BCUT2D eigenvalue weighted by molar-refractivity contribution is -0.137. The molecule has 0 bridgehead atoms. The van der Waals surface area contributed by atoms with Gasteiger partial charge in [-0.25, -0.2) is 4.98 Å². The van der Waals surface area contributed by atoms with E-state index in [4.69, 9.17) is 0 Å². The van der Waals surface area contributed by atoms with Crippen molar-refractivity contribution in [3.63, 3.8) is 0 Å². The van der Waals surface area contributed by atoms with E-state index in [0.717, 1.165) is 25.2 Å². The van der Waals surface area contributed by atoms with E-state index < -0.39 is 0 Å². The molecular weight excluding hydrogens is 426 g/mol. The number of hydrogen-bond donors (Lipinski definition) is 0. The minimum atomic E-state index is -0.378. The molecule has 8 nitrogen and oxygen atoms in total. The lowest BCUT2D eigenvalue weighted by Gasteiger charge is -2.37. The summed E-state index contributed by atoms with van der Waals surface area (Å²) in [5, 5.41) is 1.85. The average molecular weight is 452 g/mol. The van der Waals surface area contributed by atoms with E-state index in [0.29, 0.717) is 43.1 Å². The number of fused-ring (bicyclic) bond motifs is 1. The fraction of sp³-hybridized carbons (Fsp3) is 0.391. The Morgan fingerprint density at radius 2 is 1.84 bits per heavy atom. The van der Waals surface area contributed by atoms with E-state index in [1.807, 2.05) is 28.5 Å². The highest BCUT2D eigenvalue weighted by atomic mass is 32.1. The number of likely N-dealkylation sites (tertiary alicyclic amines) is 1. The molecule has 5 rings (SSSR count). The Balaban J connectivity index is 1.20. The number of carbonyl (C=O) groups is 2. The maximum Gasteiger partial charge on any atom is 0.258 e. The molecule has 0 spiro atoms. The maximum atomic E-state index is 13.2. The van der Waals surface area contributed by atoms with Crippen LogP contribution in [0.15, 0.2) is 52.8 Å². The molecule has 0 radical (unpaired) electrons. The number of rotatable bonds is 4. The number of nitrogens with zero attached hydrogens (tertiary/aromatic N) is 5. The van der Waals surface area contributed by atoms with Gasteiger partial charge in [0.1, 0.15) is 6.04 Å². The van der Waals surface area contributed by atoms with Gasteiger partial charge < -0.3 is 9.80 Å². The van der Waals surface area contributed by atoms with Gasteiger partial charge in [0.05, 0.1) is 5.69 Å². The molecule has 3 aromatic rings. The lowest BCUT2D eigenvalue weighted by Crippen LogP contribution is -2.54. The normalized spacial score (nSPS) is 19.6. The molecule has 0 aliphatic carbocycles. The van der Waals surface area contributed by atoms with Crippen LogP contribution >= 0.6 is 11.3 Å². The number of hydrogen-bond acceptors (Lipinski definition) is 6. The summed E-state index contributed by atoms with van der Waals surface area (Å²) in [5.41, 5.74) is 1.32. The van der Waals surface area contributed by atoms with Crippen LogP contribution in [0.5, 0.6) is 0 Å². The van der Waals surface area contributed by atoms with Gasteiger partial charge in [0, 0.05) is 62.5 Å². The molecule has 0 saturated carbocycles. The lowest BCUT2D eigenvalue weighted by atomic mass is 10.1. The zero-order valence-electron chi connectivity index (χ0n) is 17.7. The van der Waals surface area contributed by atoms with Crippen molar-refractivity contribution in [3.8, 4) is 0 Å². The summed E-state index contributed by atoms with van der Waals surface area (Å²) >= 11 is 1.45. The molecule has 0 N–H and O–H groups in total. The SMILES string of the molecule is O=C(C1CCCN1C(=O)c1ccccc1)N1CCN(Cc2cc(=O)n3ccsc3n2)CC1. The van der Waals surface area contributed by atoms with Gasteiger partial charge in [-0.15, -0.1) is 11.3 Å². The van der Waals surface area contributed by atoms with Gasteiger partial charge >= 0.3 is 0 Å². The summed E-state index contributed by atoms with van der Waals surface area (Å²) in [6.45, 7) is 3.88. The third kappa shape index (κ3) is 4.05. The van der Waals surface area contributed by atoms with Gasteiger partial charge in [-0.3, -0.25) is 23.7 Å². The number of amides is 2. The van der Waals surface area contributed by atoms with Crippen LogP contribution in [0, 0.1) is 0 Å². The quantitative estimate of drug-likeness (QED) is 0.604. The predicted molar refractivity (Wildman–Crippen MR) is 122 cm³/mol. The van der Waals surface area contributed by atoms with E-state index >= 15 is 0 Å². The molecule has 2 amide bonds. The van der Waals surface area contributed by atoms with Crippen molar-refractivity contribution >= 4 is 28.1 Å². The van der Waals surface area contributed by atoms with E-state index in [2.05, 4.69) is 9.88 Å². The summed E-state index contributed by atoms with van der Waals surface area (Å²) in [5.74, 6) is -0.0239. The number of thiazole rings is 1. The fourth-order valence-electron chi connectivity index (χ4n) is 4.55. The molecule has 1 aromatic carbocycles. The van der Waals surface area contributed by atoms with Crippen molar-refractivity contribution in [2.24, 2.45) is 0 Å². The summed E-state index contributed by atoms with van der Waals surface area (Å²) in [7, 11) is 0. The van der Waals surface area contributed by atoms with Gasteiger partial charge in [-0.2, -0.15) is 0 Å². The number of carbonyl (C=O) groups excluding carboxylic acids is 2. The van der Waals surface area contributed by atoms with Gasteiger partial charge in [-0.05, 0) is 25.0 Å². The van der Waals surface area contributed by atoms with Crippen LogP contribution in [0.4, 0.5) is 0 Å². The Morgan fingerprint density at radius 1 is 1.06 bits per heavy atom. The van der Waals surface area contributed by atoms with Crippen LogP contribution in [-0.2, 0) is 11.3 Å². The van der Waals surface area contributed by atoms with Crippen LogP contribution < -0.4 is 5.56 Å². The summed E-state index contributed by atoms with van der Waals surface area (Å²) in [6, 6.07) is 10.4. The van der Waals surface area contributed by atoms with Crippen molar-refractivity contribution in [2.45, 2.75) is 25.4 Å². The van der Waals surface area contributed by atoms with Crippen molar-refractivity contribution in [1.29, 1.82) is 0 Å². The monoisotopic (exact) mass is 451 g/mol. The van der Waals surface area contributed by atoms with E-state index in [1.54, 1.807) is 33.7 Å². The van der Waals surface area contributed by atoms with Crippen LogP contribution in [-0.4, -0.2) is 74.7 Å². The molecule has 1 unspecified atom stereocenters. The van der Waals surface area contributed by atoms with Crippen molar-refractivity contribution in [3.05, 3.63) is 69.6 Å². The highest BCUT2D eigenvalue weighted by Gasteiger charge is 2.37. The van der Waals surface area contributed by atoms with Gasteiger partial charge in [0.25, 0.3) is 11.5 Å². The summed E-state index contributed by atoms with van der Waals surface area (Å²) in [6.07, 6.45) is 3.30. The Bertz CT molecular complexity index is 1180. The number of aromatic nitrogens is 2. The van der Waals surface area contributed by atoms with Gasteiger partial charge in [-0.1, -0.05) is 18.2 Å². The first-order valence-electron chi connectivity index (χ1n) is 10.9. The molecule has 32 heavy (non-hydrogen) atoms. The number of benzene rings is 1. The highest BCUT2D eigenvalue weighted by molar-refractivity contribution is 7.15. The first-order valence-corrected chi connectivity index (χ1v) is 11.8. The highest BCUT2D eigenvalue weighted by Crippen LogP contribution is 2.23. The molecule has 2 aromatic heterocycles. The van der Waals surface area contributed by atoms with Crippen molar-refractivity contribution in [2.75, 3.05) is 32.7 Å². The second-order valence-corrected chi connectivity index (χ2v) is 9.14. The number of piperazine rings is 1. The smallest absolute Gasteiger partial charge is 0.258 e. The molecule has 1 atom stereocenters. The third-order valence-electron chi connectivity index (χ3n) is 6.25. The zero-order valence-corrected chi connectivity index (χ0v) is 18.5. The molecule has 2 fully saturated rings. The minimum Gasteiger partial charge on any atom is -0.338 e. The average Bonchev–Trinajstić information content (AvgIpc) is 3.49. The first kappa shape index (κ1) is 20.8. The molecule has 2 saturated heterocycles. The molecule has 2 aliphatic heterocycles. The molecule has 166 valence electrons. The fourth-order valence-corrected chi connectivity index (χ4v) is 5.29. The summed E-state index contributed by atoms with van der Waals surface area (Å²) in [4.78, 5) is 49.5. The van der Waals surface area contributed by atoms with Crippen molar-refractivity contribution in [1.82, 2.24) is 24.1 Å². The van der Waals surface area contributed by atoms with E-state index in [9.17, 15) is 14.4 Å². The van der Waals surface area contributed by atoms with Gasteiger partial charge in [0.15, 0.2) is 4.96 Å². The largest absolute Gasteiger partial charge is 0.338 e. The second-order valence-electron chi connectivity index (χ2n) is 8.27. The molecule has 2 aliphatic rings. The Kier molecular flexibility index (Phi) is 5.75. The standard InChI is InChI=1S/C23H25N5O3S/c29-20-15-18(24-23-28(20)13-14-32-23)16-25-9-11-26(12-10-25)22(31)19-7-4-8-27(19)21(30)17-5-2-1-3-6-17/h1-3,5-6,13-15,19H,4,7-12,16H2. The van der Waals surface area contributed by atoms with Crippen LogP contribution in [0.25, 0.3) is 4.96 Å². The Morgan fingerprint density at radius 3 is 2.62 bits per heavy atom. The third-order valence-corrected chi connectivity index (χ3v) is 7.00. The first-order chi connectivity index (χ1) is 15.6. The van der Waals surface area contributed by atoms with Crippen LogP contribution in [0.3, 0.4) is 0 Å². The molecular formula is C23H25N5O3S. The maximum absolute atomic E-state index is 13.2. The zero-order chi connectivity index (χ0) is 22.1. The Hall–Kier alpha value is -3.04.